The molecule has 0 saturated carbocycles. The molecule has 0 aliphatic rings. The van der Waals surface area contributed by atoms with E-state index in [1.807, 2.05) is 6.26 Å². The summed E-state index contributed by atoms with van der Waals surface area (Å²) in [6, 6.07) is 4.16. The summed E-state index contributed by atoms with van der Waals surface area (Å²) in [4.78, 5) is 0. The van der Waals surface area contributed by atoms with Gasteiger partial charge in [-0.05, 0) is 24.0 Å². The van der Waals surface area contributed by atoms with E-state index in [-0.39, 0.29) is 12.4 Å². The Morgan fingerprint density at radius 3 is 2.62 bits per heavy atom. The normalized spacial score (nSPS) is 11.7. The van der Waals surface area contributed by atoms with E-state index in [9.17, 15) is 13.2 Å². The molecule has 120 valence electrons. The Morgan fingerprint density at radius 2 is 2.00 bits per heavy atom. The van der Waals surface area contributed by atoms with Gasteiger partial charge in [-0.25, -0.2) is 0 Å². The highest BCUT2D eigenvalue weighted by Gasteiger charge is 2.34. The van der Waals surface area contributed by atoms with Gasteiger partial charge >= 0.3 is 6.18 Å². The zero-order valence-electron chi connectivity index (χ0n) is 12.1. The molecule has 0 atom stereocenters. The lowest BCUT2D eigenvalue weighted by Crippen LogP contribution is -2.19. The van der Waals surface area contributed by atoms with Gasteiger partial charge in [0.15, 0.2) is 0 Å². The van der Waals surface area contributed by atoms with Gasteiger partial charge in [-0.3, -0.25) is 0 Å². The molecule has 0 aromatic heterocycles. The van der Waals surface area contributed by atoms with Crippen LogP contribution in [0.4, 0.5) is 13.2 Å². The van der Waals surface area contributed by atoms with Gasteiger partial charge in [0.05, 0.1) is 18.8 Å². The topological polar surface area (TPSA) is 30.5 Å². The first kappa shape index (κ1) is 18.1. The third-order valence-electron chi connectivity index (χ3n) is 2.71. The van der Waals surface area contributed by atoms with Crippen molar-refractivity contribution in [3.8, 4) is 5.75 Å². The van der Waals surface area contributed by atoms with Crippen molar-refractivity contribution in [3.63, 3.8) is 0 Å². The average Bonchev–Trinajstić information content (AvgIpc) is 2.44. The van der Waals surface area contributed by atoms with Crippen molar-refractivity contribution >= 4 is 11.8 Å². The van der Waals surface area contributed by atoms with Crippen LogP contribution in [0.25, 0.3) is 0 Å². The SMILES string of the molecule is COCCNCc1ccc(OCCSC)c(C(F)(F)F)c1. The molecule has 0 aliphatic carbocycles. The van der Waals surface area contributed by atoms with Crippen molar-refractivity contribution in [2.45, 2.75) is 12.7 Å². The summed E-state index contributed by atoms with van der Waals surface area (Å²) in [5.41, 5.74) is -0.162. The fraction of sp³-hybridized carbons (Fsp3) is 0.571. The number of alkyl halides is 3. The third-order valence-corrected chi connectivity index (χ3v) is 3.28. The zero-order valence-corrected chi connectivity index (χ0v) is 12.9. The lowest BCUT2D eigenvalue weighted by molar-refractivity contribution is -0.138. The van der Waals surface area contributed by atoms with Gasteiger partial charge in [0.1, 0.15) is 5.75 Å². The third kappa shape index (κ3) is 6.58. The quantitative estimate of drug-likeness (QED) is 0.707. The molecule has 0 spiro atoms. The molecule has 21 heavy (non-hydrogen) atoms. The predicted octanol–water partition coefficient (Wildman–Crippen LogP) is 3.18. The Kier molecular flexibility index (Phi) is 7.92. The zero-order chi connectivity index (χ0) is 15.7. The van der Waals surface area contributed by atoms with Crippen LogP contribution in [0.15, 0.2) is 18.2 Å². The van der Waals surface area contributed by atoms with E-state index in [2.05, 4.69) is 5.32 Å². The second kappa shape index (κ2) is 9.17. The summed E-state index contributed by atoms with van der Waals surface area (Å²) in [5.74, 6) is 0.537. The van der Waals surface area contributed by atoms with E-state index in [0.717, 1.165) is 6.07 Å². The van der Waals surface area contributed by atoms with Crippen molar-refractivity contribution in [3.05, 3.63) is 29.3 Å². The van der Waals surface area contributed by atoms with Crippen LogP contribution >= 0.6 is 11.8 Å². The van der Waals surface area contributed by atoms with Gasteiger partial charge in [0.25, 0.3) is 0 Å². The number of hydrogen-bond acceptors (Lipinski definition) is 4. The summed E-state index contributed by atoms with van der Waals surface area (Å²) in [5, 5.41) is 3.02. The summed E-state index contributed by atoms with van der Waals surface area (Å²) >= 11 is 1.52. The smallest absolute Gasteiger partial charge is 0.419 e. The van der Waals surface area contributed by atoms with Crippen LogP contribution in [0.1, 0.15) is 11.1 Å². The van der Waals surface area contributed by atoms with Crippen LogP contribution < -0.4 is 10.1 Å². The Hall–Kier alpha value is -0.920. The van der Waals surface area contributed by atoms with E-state index in [1.54, 1.807) is 13.2 Å². The monoisotopic (exact) mass is 323 g/mol. The number of hydrogen-bond donors (Lipinski definition) is 1. The Labute approximate surface area is 127 Å². The fourth-order valence-corrected chi connectivity index (χ4v) is 1.93. The van der Waals surface area contributed by atoms with Crippen molar-refractivity contribution < 1.29 is 22.6 Å². The molecule has 3 nitrogen and oxygen atoms in total. The summed E-state index contributed by atoms with van der Waals surface area (Å²) in [6.45, 7) is 1.72. The van der Waals surface area contributed by atoms with Crippen LogP contribution in [0.3, 0.4) is 0 Å². The standard InChI is InChI=1S/C14H20F3NO2S/c1-19-6-5-18-10-11-3-4-13(20-7-8-21-2)12(9-11)14(15,16)17/h3-4,9,18H,5-8,10H2,1-2H3. The van der Waals surface area contributed by atoms with E-state index in [0.29, 0.717) is 31.0 Å². The number of halogens is 3. The van der Waals surface area contributed by atoms with Crippen LogP contribution in [0, 0.1) is 0 Å². The Balaban J connectivity index is 2.76. The number of benzene rings is 1. The minimum atomic E-state index is -4.42. The first-order valence-corrected chi connectivity index (χ1v) is 7.90. The Morgan fingerprint density at radius 1 is 1.24 bits per heavy atom. The molecule has 1 aromatic carbocycles. The van der Waals surface area contributed by atoms with Gasteiger partial charge in [-0.1, -0.05) is 6.07 Å². The second-order valence-electron chi connectivity index (χ2n) is 4.34. The minimum Gasteiger partial charge on any atom is -0.492 e. The average molecular weight is 323 g/mol. The molecule has 0 unspecified atom stereocenters. The molecule has 1 N–H and O–H groups in total. The van der Waals surface area contributed by atoms with Crippen molar-refractivity contribution in [1.29, 1.82) is 0 Å². The van der Waals surface area contributed by atoms with Crippen molar-refractivity contribution in [1.82, 2.24) is 5.32 Å². The summed E-state index contributed by atoms with van der Waals surface area (Å²) in [6.07, 6.45) is -2.54. The van der Waals surface area contributed by atoms with Crippen molar-refractivity contribution in [2.75, 3.05) is 38.9 Å². The molecular weight excluding hydrogens is 303 g/mol. The maximum atomic E-state index is 13.1. The fourth-order valence-electron chi connectivity index (χ4n) is 1.68. The molecule has 0 bridgehead atoms. The van der Waals surface area contributed by atoms with Gasteiger partial charge in [-0.15, -0.1) is 0 Å². The number of thioether (sulfide) groups is 1. The second-order valence-corrected chi connectivity index (χ2v) is 5.32. The highest BCUT2D eigenvalue weighted by Crippen LogP contribution is 2.36. The van der Waals surface area contributed by atoms with Crippen LogP contribution in [-0.2, 0) is 17.5 Å². The number of rotatable bonds is 9. The first-order chi connectivity index (χ1) is 9.99. The maximum absolute atomic E-state index is 13.1. The van der Waals surface area contributed by atoms with Gasteiger partial charge < -0.3 is 14.8 Å². The largest absolute Gasteiger partial charge is 0.492 e. The van der Waals surface area contributed by atoms with Gasteiger partial charge in [-0.2, -0.15) is 24.9 Å². The molecule has 0 heterocycles. The number of ether oxygens (including phenoxy) is 2. The number of methoxy groups -OCH3 is 1. The molecule has 1 rings (SSSR count). The molecule has 7 heteroatoms. The molecule has 0 aliphatic heterocycles. The van der Waals surface area contributed by atoms with E-state index in [1.165, 1.54) is 17.8 Å². The van der Waals surface area contributed by atoms with Crippen LogP contribution in [-0.4, -0.2) is 38.9 Å². The molecule has 1 aromatic rings. The molecule has 0 amide bonds. The summed E-state index contributed by atoms with van der Waals surface area (Å²) < 4.78 is 49.3. The highest BCUT2D eigenvalue weighted by molar-refractivity contribution is 7.98. The van der Waals surface area contributed by atoms with E-state index < -0.39 is 11.7 Å². The predicted molar refractivity (Wildman–Crippen MR) is 78.9 cm³/mol. The molecule has 0 radical (unpaired) electrons. The van der Waals surface area contributed by atoms with Crippen LogP contribution in [0.5, 0.6) is 5.75 Å². The van der Waals surface area contributed by atoms with Gasteiger partial charge in [0.2, 0.25) is 0 Å². The lowest BCUT2D eigenvalue weighted by atomic mass is 10.1. The molecular formula is C14H20F3NO2S. The number of nitrogens with one attached hydrogen (secondary N) is 1. The van der Waals surface area contributed by atoms with Crippen molar-refractivity contribution in [2.24, 2.45) is 0 Å². The highest BCUT2D eigenvalue weighted by atomic mass is 32.2. The minimum absolute atomic E-state index is 0.114. The molecule has 0 saturated heterocycles. The van der Waals surface area contributed by atoms with E-state index >= 15 is 0 Å². The lowest BCUT2D eigenvalue weighted by Gasteiger charge is -2.15. The van der Waals surface area contributed by atoms with Gasteiger partial charge in [0, 0.05) is 26.0 Å². The summed E-state index contributed by atoms with van der Waals surface area (Å²) in [7, 11) is 1.57. The van der Waals surface area contributed by atoms with E-state index in [4.69, 9.17) is 9.47 Å². The first-order valence-electron chi connectivity index (χ1n) is 6.50. The molecule has 0 fully saturated rings. The Bertz CT molecular complexity index is 427. The van der Waals surface area contributed by atoms with Crippen LogP contribution in [0.2, 0.25) is 0 Å². The maximum Gasteiger partial charge on any atom is 0.419 e.